The van der Waals surface area contributed by atoms with Crippen LogP contribution in [0.4, 0.5) is 10.1 Å². The van der Waals surface area contributed by atoms with Crippen molar-refractivity contribution < 1.29 is 14.0 Å². The van der Waals surface area contributed by atoms with Gasteiger partial charge in [0.1, 0.15) is 5.82 Å². The van der Waals surface area contributed by atoms with Crippen LogP contribution in [0.5, 0.6) is 0 Å². The molecule has 6 heteroatoms. The highest BCUT2D eigenvalue weighted by Crippen LogP contribution is 2.10. The molecular weight excluding hydrogens is 297 g/mol. The summed E-state index contributed by atoms with van der Waals surface area (Å²) in [6, 6.07) is 12.3. The number of hydrazone groups is 1. The molecule has 0 atom stereocenters. The van der Waals surface area contributed by atoms with E-state index in [2.05, 4.69) is 15.8 Å². The molecule has 0 spiro atoms. The molecule has 0 aliphatic heterocycles. The van der Waals surface area contributed by atoms with Crippen molar-refractivity contribution in [2.45, 2.75) is 13.8 Å². The van der Waals surface area contributed by atoms with Crippen LogP contribution in [0.25, 0.3) is 0 Å². The largest absolute Gasteiger partial charge is 0.326 e. The molecule has 2 N–H and O–H groups in total. The quantitative estimate of drug-likeness (QED) is 0.673. The minimum absolute atomic E-state index is 0.215. The zero-order valence-corrected chi connectivity index (χ0v) is 12.8. The molecule has 118 valence electrons. The van der Waals surface area contributed by atoms with Gasteiger partial charge in [0.2, 0.25) is 5.91 Å². The number of amides is 2. The minimum atomic E-state index is -0.404. The Bertz CT molecular complexity index is 755. The van der Waals surface area contributed by atoms with Crippen LogP contribution < -0.4 is 10.7 Å². The fourth-order valence-corrected chi connectivity index (χ4v) is 1.90. The Morgan fingerprint density at radius 2 is 1.70 bits per heavy atom. The predicted octanol–water partition coefficient (Wildman–Crippen LogP) is 2.94. The minimum Gasteiger partial charge on any atom is -0.326 e. The van der Waals surface area contributed by atoms with Gasteiger partial charge in [-0.2, -0.15) is 5.10 Å². The molecular formula is C17H16FN3O2. The number of nitrogens with one attached hydrogen (secondary N) is 2. The Morgan fingerprint density at radius 3 is 2.35 bits per heavy atom. The van der Waals surface area contributed by atoms with Crippen molar-refractivity contribution in [1.29, 1.82) is 0 Å². The Morgan fingerprint density at radius 1 is 1.00 bits per heavy atom. The van der Waals surface area contributed by atoms with Crippen LogP contribution in [0.1, 0.15) is 29.8 Å². The second-order valence-corrected chi connectivity index (χ2v) is 4.91. The van der Waals surface area contributed by atoms with Crippen LogP contribution in [-0.4, -0.2) is 17.5 Å². The smallest absolute Gasteiger partial charge is 0.271 e. The average molecular weight is 313 g/mol. The van der Waals surface area contributed by atoms with E-state index in [9.17, 15) is 14.0 Å². The number of anilines is 1. The Balaban J connectivity index is 2.08. The second-order valence-electron chi connectivity index (χ2n) is 4.91. The second kappa shape index (κ2) is 7.31. The Hall–Kier alpha value is -3.02. The highest BCUT2D eigenvalue weighted by molar-refractivity contribution is 6.01. The lowest BCUT2D eigenvalue weighted by atomic mass is 10.1. The Kier molecular flexibility index (Phi) is 5.19. The maximum Gasteiger partial charge on any atom is 0.271 e. The van der Waals surface area contributed by atoms with Crippen LogP contribution in [0.3, 0.4) is 0 Å². The first-order valence-electron chi connectivity index (χ1n) is 6.94. The number of carbonyl (C=O) groups excluding carboxylic acids is 2. The lowest BCUT2D eigenvalue weighted by Gasteiger charge is -2.06. The molecule has 2 aromatic carbocycles. The zero-order valence-electron chi connectivity index (χ0n) is 12.8. The van der Waals surface area contributed by atoms with E-state index >= 15 is 0 Å². The summed E-state index contributed by atoms with van der Waals surface area (Å²) in [6.07, 6.45) is 0. The molecule has 0 aliphatic rings. The van der Waals surface area contributed by atoms with Crippen LogP contribution >= 0.6 is 0 Å². The van der Waals surface area contributed by atoms with E-state index in [0.29, 0.717) is 22.5 Å². The topological polar surface area (TPSA) is 70.6 Å². The maximum absolute atomic E-state index is 12.9. The van der Waals surface area contributed by atoms with E-state index in [0.717, 1.165) is 0 Å². The first kappa shape index (κ1) is 16.4. The van der Waals surface area contributed by atoms with Crippen molar-refractivity contribution >= 4 is 23.2 Å². The molecule has 0 bridgehead atoms. The van der Waals surface area contributed by atoms with E-state index in [1.54, 1.807) is 43.3 Å². The lowest BCUT2D eigenvalue weighted by Crippen LogP contribution is -2.19. The fraction of sp³-hybridized carbons (Fsp3) is 0.118. The zero-order chi connectivity index (χ0) is 16.8. The first-order valence-corrected chi connectivity index (χ1v) is 6.94. The van der Waals surface area contributed by atoms with Gasteiger partial charge >= 0.3 is 0 Å². The third-order valence-electron chi connectivity index (χ3n) is 3.03. The number of hydrogen-bond donors (Lipinski definition) is 2. The van der Waals surface area contributed by atoms with Crippen molar-refractivity contribution in [1.82, 2.24) is 5.43 Å². The molecule has 0 saturated carbocycles. The number of carbonyl (C=O) groups is 2. The Labute approximate surface area is 133 Å². The van der Waals surface area contributed by atoms with Crippen LogP contribution in [0.2, 0.25) is 0 Å². The van der Waals surface area contributed by atoms with E-state index in [4.69, 9.17) is 0 Å². The van der Waals surface area contributed by atoms with Gasteiger partial charge in [0, 0.05) is 18.2 Å². The van der Waals surface area contributed by atoms with Gasteiger partial charge in [-0.1, -0.05) is 18.2 Å². The summed E-state index contributed by atoms with van der Waals surface area (Å²) in [5, 5.41) is 6.60. The molecule has 0 aromatic heterocycles. The summed E-state index contributed by atoms with van der Waals surface area (Å²) >= 11 is 0. The highest BCUT2D eigenvalue weighted by Gasteiger charge is 2.06. The molecule has 2 rings (SSSR count). The normalized spacial score (nSPS) is 11.0. The summed E-state index contributed by atoms with van der Waals surface area (Å²) in [4.78, 5) is 23.1. The molecule has 2 aromatic rings. The standard InChI is InChI=1S/C17H16FN3O2/c1-11(13-6-8-15(18)9-7-13)20-21-17(23)14-4-3-5-16(10-14)19-12(2)22/h3-10H,1-2H3,(H,19,22)(H,21,23). The van der Waals surface area contributed by atoms with Gasteiger partial charge in [0.15, 0.2) is 0 Å². The molecule has 0 aliphatic carbocycles. The van der Waals surface area contributed by atoms with Crippen molar-refractivity contribution in [3.8, 4) is 0 Å². The van der Waals surface area contributed by atoms with Gasteiger partial charge in [-0.15, -0.1) is 0 Å². The SMILES string of the molecule is CC(=O)Nc1cccc(C(=O)NN=C(C)c2ccc(F)cc2)c1. The molecule has 0 radical (unpaired) electrons. The van der Waals surface area contributed by atoms with E-state index < -0.39 is 5.91 Å². The molecule has 2 amide bonds. The van der Waals surface area contributed by atoms with Crippen molar-refractivity contribution in [3.05, 3.63) is 65.5 Å². The van der Waals surface area contributed by atoms with Gasteiger partial charge in [-0.3, -0.25) is 9.59 Å². The summed E-state index contributed by atoms with van der Waals surface area (Å²) in [6.45, 7) is 3.10. The van der Waals surface area contributed by atoms with Crippen LogP contribution in [0, 0.1) is 5.82 Å². The highest BCUT2D eigenvalue weighted by atomic mass is 19.1. The van der Waals surface area contributed by atoms with Crippen LogP contribution in [-0.2, 0) is 4.79 Å². The van der Waals surface area contributed by atoms with Crippen molar-refractivity contribution in [2.75, 3.05) is 5.32 Å². The van der Waals surface area contributed by atoms with E-state index in [-0.39, 0.29) is 11.7 Å². The third-order valence-corrected chi connectivity index (χ3v) is 3.03. The maximum atomic E-state index is 12.9. The van der Waals surface area contributed by atoms with E-state index in [1.807, 2.05) is 0 Å². The van der Waals surface area contributed by atoms with E-state index in [1.165, 1.54) is 19.1 Å². The summed E-state index contributed by atoms with van der Waals surface area (Å²) < 4.78 is 12.9. The van der Waals surface area contributed by atoms with Gasteiger partial charge in [-0.25, -0.2) is 9.82 Å². The summed E-state index contributed by atoms with van der Waals surface area (Å²) in [5.74, 6) is -0.952. The molecule has 0 fully saturated rings. The molecule has 5 nitrogen and oxygen atoms in total. The monoisotopic (exact) mass is 313 g/mol. The number of halogens is 1. The van der Waals surface area contributed by atoms with Gasteiger partial charge in [0.05, 0.1) is 5.71 Å². The predicted molar refractivity (Wildman–Crippen MR) is 86.8 cm³/mol. The molecule has 23 heavy (non-hydrogen) atoms. The number of rotatable bonds is 4. The lowest BCUT2D eigenvalue weighted by molar-refractivity contribution is -0.114. The number of nitrogens with zero attached hydrogens (tertiary/aromatic N) is 1. The molecule has 0 unspecified atom stereocenters. The molecule has 0 heterocycles. The van der Waals surface area contributed by atoms with Gasteiger partial charge < -0.3 is 5.32 Å². The van der Waals surface area contributed by atoms with Gasteiger partial charge in [0.25, 0.3) is 5.91 Å². The van der Waals surface area contributed by atoms with Crippen molar-refractivity contribution in [3.63, 3.8) is 0 Å². The van der Waals surface area contributed by atoms with Gasteiger partial charge in [-0.05, 0) is 42.8 Å². The number of hydrogen-bond acceptors (Lipinski definition) is 3. The third kappa shape index (κ3) is 4.74. The summed E-state index contributed by atoms with van der Waals surface area (Å²) in [5.41, 5.74) is 4.59. The van der Waals surface area contributed by atoms with Crippen molar-refractivity contribution in [2.24, 2.45) is 5.10 Å². The summed E-state index contributed by atoms with van der Waals surface area (Å²) in [7, 11) is 0. The first-order chi connectivity index (χ1) is 11.0. The fourth-order valence-electron chi connectivity index (χ4n) is 1.90. The number of benzene rings is 2. The molecule has 0 saturated heterocycles. The average Bonchev–Trinajstić information content (AvgIpc) is 2.52. The van der Waals surface area contributed by atoms with Crippen LogP contribution in [0.15, 0.2) is 53.6 Å².